The fourth-order valence-corrected chi connectivity index (χ4v) is 23.2. The number of para-hydroxylation sites is 3. The van der Waals surface area contributed by atoms with Crippen LogP contribution in [0.3, 0.4) is 0 Å². The van der Waals surface area contributed by atoms with E-state index in [4.69, 9.17) is 34.9 Å². The van der Waals surface area contributed by atoms with E-state index < -0.39 is 0 Å². The zero-order valence-corrected chi connectivity index (χ0v) is 78.0. The summed E-state index contributed by atoms with van der Waals surface area (Å²) in [5, 5.41) is 12.6. The van der Waals surface area contributed by atoms with E-state index in [1.807, 2.05) is 132 Å². The number of fused-ring (bicyclic) bond motifs is 18. The molecule has 1 aliphatic rings. The number of benzene rings is 19. The molecule has 0 fully saturated rings. The Morgan fingerprint density at radius 3 is 0.979 bits per heavy atom. The molecule has 0 N–H and O–H groups in total. The van der Waals surface area contributed by atoms with Gasteiger partial charge in [-0.05, 0) is 166 Å². The lowest BCUT2D eigenvalue weighted by atomic mass is 9.82. The summed E-state index contributed by atoms with van der Waals surface area (Å²) in [5.41, 5.74) is 31.2. The van der Waals surface area contributed by atoms with E-state index in [1.165, 1.54) is 139 Å². The Balaban J connectivity index is 0.000000108. The van der Waals surface area contributed by atoms with Crippen LogP contribution in [0.15, 0.2) is 473 Å². The molecule has 27 aromatic rings. The van der Waals surface area contributed by atoms with Gasteiger partial charge in [0.2, 0.25) is 5.95 Å². The van der Waals surface area contributed by atoms with Gasteiger partial charge in [-0.15, -0.1) is 22.7 Å². The molecule has 140 heavy (non-hydrogen) atoms. The molecule has 8 heterocycles. The summed E-state index contributed by atoms with van der Waals surface area (Å²) in [6.07, 6.45) is 0. The zero-order chi connectivity index (χ0) is 92.9. The first kappa shape index (κ1) is 82.8. The van der Waals surface area contributed by atoms with Crippen molar-refractivity contribution in [3.63, 3.8) is 0 Å². The first-order valence-electron chi connectivity index (χ1n) is 47.3. The Hall–Kier alpha value is -17.8. The second-order valence-electron chi connectivity index (χ2n) is 36.2. The van der Waals surface area contributed by atoms with Gasteiger partial charge in [-0.3, -0.25) is 4.57 Å². The third kappa shape index (κ3) is 14.6. The van der Waals surface area contributed by atoms with Gasteiger partial charge in [-0.2, -0.15) is 0 Å². The van der Waals surface area contributed by atoms with Crippen LogP contribution >= 0.6 is 22.7 Å². The van der Waals surface area contributed by atoms with E-state index in [0.717, 1.165) is 89.7 Å². The average Bonchev–Trinajstić information content (AvgIpc) is 1.55. The van der Waals surface area contributed by atoms with E-state index in [1.54, 1.807) is 0 Å². The molecule has 0 saturated heterocycles. The quantitative estimate of drug-likeness (QED) is 0.113. The van der Waals surface area contributed by atoms with Gasteiger partial charge in [0.25, 0.3) is 0 Å². The van der Waals surface area contributed by atoms with Crippen molar-refractivity contribution in [3.8, 4) is 141 Å². The largest absolute Gasteiger partial charge is 0.309 e. The highest BCUT2D eigenvalue weighted by Gasteiger charge is 2.37. The van der Waals surface area contributed by atoms with Crippen molar-refractivity contribution in [2.24, 2.45) is 0 Å². The molecular formula is C128H84N10S2. The summed E-state index contributed by atoms with van der Waals surface area (Å²) < 4.78 is 12.3. The molecule has 1 aliphatic carbocycles. The zero-order valence-electron chi connectivity index (χ0n) is 76.3. The number of hydrogen-bond donors (Lipinski definition) is 0. The Morgan fingerprint density at radius 2 is 0.507 bits per heavy atom. The summed E-state index contributed by atoms with van der Waals surface area (Å²) >= 11 is 3.74. The van der Waals surface area contributed by atoms with Crippen LogP contribution in [0.1, 0.15) is 25.0 Å². The summed E-state index contributed by atoms with van der Waals surface area (Å²) in [7, 11) is 0. The van der Waals surface area contributed by atoms with Gasteiger partial charge in [0.05, 0.1) is 55.9 Å². The maximum absolute atomic E-state index is 5.17. The monoisotopic (exact) mass is 1820 g/mol. The molecule has 658 valence electrons. The summed E-state index contributed by atoms with van der Waals surface area (Å²) in [6, 6.07) is 167. The predicted octanol–water partition coefficient (Wildman–Crippen LogP) is 33.8. The minimum Gasteiger partial charge on any atom is -0.309 e. The number of aromatic nitrogens is 10. The molecule has 12 heteroatoms. The SMILES string of the molecule is CC1(C)c2ccccc2-c2cc3c4ccccc4n(-c4ccc(-c5nc(-c6ccccc6)nc(-c6ccccc6)n5)cc4)c3cc21.c1ccc(-c2cc(-c3ccccc3)nc(-c3ccc(-n4c5ccccc5c5ccc(-c6cccc7c6sc6ccccc67)cc54)cc3)n2)cc1.c1ccc(-c2cc(-c3ccccc3)nc(-n3c4ccccc4c4cc(-c5cccc6c5sc5ccccc56)ccc43)n2)cc1. The second-order valence-corrected chi connectivity index (χ2v) is 38.3. The Bertz CT molecular complexity index is 9330. The van der Waals surface area contributed by atoms with Crippen molar-refractivity contribution in [1.29, 1.82) is 0 Å². The molecule has 0 amide bonds. The van der Waals surface area contributed by atoms with Crippen molar-refractivity contribution < 1.29 is 0 Å². The molecular weight excluding hydrogens is 1740 g/mol. The lowest BCUT2D eigenvalue weighted by molar-refractivity contribution is 0.661. The van der Waals surface area contributed by atoms with Gasteiger partial charge in [-0.1, -0.05) is 366 Å². The predicted molar refractivity (Wildman–Crippen MR) is 585 cm³/mol. The van der Waals surface area contributed by atoms with Gasteiger partial charge in [0.1, 0.15) is 0 Å². The van der Waals surface area contributed by atoms with E-state index in [-0.39, 0.29) is 5.41 Å². The van der Waals surface area contributed by atoms with Crippen LogP contribution in [-0.4, -0.2) is 48.6 Å². The maximum atomic E-state index is 5.17. The van der Waals surface area contributed by atoms with Gasteiger partial charge in [-0.25, -0.2) is 34.9 Å². The van der Waals surface area contributed by atoms with Crippen molar-refractivity contribution >= 4 is 128 Å². The molecule has 0 unspecified atom stereocenters. The molecule has 0 aliphatic heterocycles. The molecule has 28 rings (SSSR count). The fraction of sp³-hybridized carbons (Fsp3) is 0.0234. The first-order valence-corrected chi connectivity index (χ1v) is 48.9. The summed E-state index contributed by atoms with van der Waals surface area (Å²) in [4.78, 5) is 35.2. The van der Waals surface area contributed by atoms with E-state index in [2.05, 4.69) is 392 Å². The van der Waals surface area contributed by atoms with Crippen LogP contribution in [0.25, 0.3) is 247 Å². The van der Waals surface area contributed by atoms with Crippen LogP contribution in [0.5, 0.6) is 0 Å². The lowest BCUT2D eigenvalue weighted by Gasteiger charge is -2.21. The number of thiophene rings is 2. The smallest absolute Gasteiger partial charge is 0.235 e. The van der Waals surface area contributed by atoms with Crippen LogP contribution in [0, 0.1) is 0 Å². The number of rotatable bonds is 13. The molecule has 10 nitrogen and oxygen atoms in total. The van der Waals surface area contributed by atoms with E-state index >= 15 is 0 Å². The van der Waals surface area contributed by atoms with Gasteiger partial charge in [0.15, 0.2) is 23.3 Å². The third-order valence-electron chi connectivity index (χ3n) is 27.5. The van der Waals surface area contributed by atoms with E-state index in [9.17, 15) is 0 Å². The van der Waals surface area contributed by atoms with Crippen molar-refractivity contribution in [2.75, 3.05) is 0 Å². The van der Waals surface area contributed by atoms with Gasteiger partial charge in [0, 0.05) is 134 Å². The third-order valence-corrected chi connectivity index (χ3v) is 30.0. The average molecular weight is 1830 g/mol. The van der Waals surface area contributed by atoms with Crippen LogP contribution < -0.4 is 0 Å². The standard InChI is InChI=1S/C46H29N3S.C42H30N4.C40H25N3S/c1-3-12-30(13-4-1)40-29-41(31-14-5-2-6-15-31)48-46(47-40)32-22-25-34(26-23-32)49-42-20-9-7-16-36(42)37-27-24-33(28-43(37)49)35-18-11-19-39-38-17-8-10-21-44(38)50-45(35)39;1-42(2)35-19-11-9-17-31(35)33-25-34-32-18-10-12-20-37(32)46(38(34)26-36(33)42)30-23-21-29(22-24-30)41-44-39(27-13-5-3-6-14-27)43-40(45-41)28-15-7-4-8-16-28;1-3-12-26(13-4-1)34-25-35(27-14-5-2-6-15-27)42-40(41-34)43-36-20-9-7-16-30(36)33-24-28(22-23-37(33)43)29-18-11-19-32-31-17-8-10-21-38(31)44-39(29)32/h1-29H;3-26H,1-2H3;1-25H. The maximum Gasteiger partial charge on any atom is 0.235 e. The highest BCUT2D eigenvalue weighted by molar-refractivity contribution is 7.26. The Morgan fingerprint density at radius 1 is 0.186 bits per heavy atom. The van der Waals surface area contributed by atoms with Crippen molar-refractivity contribution in [2.45, 2.75) is 19.3 Å². The fourth-order valence-electron chi connectivity index (χ4n) is 20.8. The van der Waals surface area contributed by atoms with Crippen LogP contribution in [-0.2, 0) is 5.41 Å². The molecule has 0 atom stereocenters. The minimum absolute atomic E-state index is 0.0726. The normalized spacial score (nSPS) is 12.1. The molecule has 0 saturated carbocycles. The topological polar surface area (TPSA) is 105 Å². The second kappa shape index (κ2) is 34.5. The minimum atomic E-state index is -0.0726. The number of nitrogens with zero attached hydrogens (tertiary/aromatic N) is 10. The van der Waals surface area contributed by atoms with Crippen molar-refractivity contribution in [1.82, 2.24) is 48.6 Å². The van der Waals surface area contributed by atoms with Crippen molar-refractivity contribution in [3.05, 3.63) is 484 Å². The summed E-state index contributed by atoms with van der Waals surface area (Å²) in [6.45, 7) is 4.68. The first-order chi connectivity index (χ1) is 69.2. The van der Waals surface area contributed by atoms with Gasteiger partial charge < -0.3 is 9.13 Å². The Labute approximate surface area is 815 Å². The van der Waals surface area contributed by atoms with Crippen LogP contribution in [0.2, 0.25) is 0 Å². The molecule has 0 spiro atoms. The molecule has 19 aromatic carbocycles. The molecule has 0 radical (unpaired) electrons. The van der Waals surface area contributed by atoms with E-state index in [0.29, 0.717) is 29.2 Å². The highest BCUT2D eigenvalue weighted by atomic mass is 32.1. The molecule has 8 aromatic heterocycles. The summed E-state index contributed by atoms with van der Waals surface area (Å²) in [5.74, 6) is 3.34. The van der Waals surface area contributed by atoms with Crippen LogP contribution in [0.4, 0.5) is 0 Å². The molecule has 0 bridgehead atoms. The lowest BCUT2D eigenvalue weighted by Crippen LogP contribution is -2.14. The van der Waals surface area contributed by atoms with Gasteiger partial charge >= 0.3 is 0 Å². The highest BCUT2D eigenvalue weighted by Crippen LogP contribution is 2.52. The number of hydrogen-bond acceptors (Lipinski definition) is 9. The Kier molecular flexibility index (Phi) is 20.4.